The molecule has 3 rings (SSSR count). The number of anilines is 1. The summed E-state index contributed by atoms with van der Waals surface area (Å²) >= 11 is 5.84. The van der Waals surface area contributed by atoms with Crippen molar-refractivity contribution in [3.63, 3.8) is 0 Å². The molecule has 2 heterocycles. The van der Waals surface area contributed by atoms with E-state index in [2.05, 4.69) is 4.98 Å². The summed E-state index contributed by atoms with van der Waals surface area (Å²) in [7, 11) is 0. The number of carbonyl (C=O) groups excluding carboxylic acids is 2. The fraction of sp³-hybridized carbons (Fsp3) is 0. The third-order valence-electron chi connectivity index (χ3n) is 2.77. The smallest absolute Gasteiger partial charge is 0.266 e. The highest BCUT2D eigenvalue weighted by Gasteiger charge is 2.36. The third kappa shape index (κ3) is 1.50. The fourth-order valence-electron chi connectivity index (χ4n) is 1.94. The van der Waals surface area contributed by atoms with E-state index in [-0.39, 0.29) is 11.8 Å². The Labute approximate surface area is 108 Å². The molecule has 5 heteroatoms. The SMILES string of the molecule is O=C1c2ccc(Cl)cc2C(=O)N1c1ccncc1. The lowest BCUT2D eigenvalue weighted by Gasteiger charge is -2.12. The topological polar surface area (TPSA) is 50.3 Å². The Balaban J connectivity index is 2.13. The molecule has 88 valence electrons. The molecule has 1 aliphatic heterocycles. The highest BCUT2D eigenvalue weighted by molar-refractivity contribution is 6.36. The molecule has 0 aliphatic carbocycles. The van der Waals surface area contributed by atoms with Crippen molar-refractivity contribution in [3.8, 4) is 0 Å². The van der Waals surface area contributed by atoms with Gasteiger partial charge in [0.2, 0.25) is 0 Å². The van der Waals surface area contributed by atoms with Crippen molar-refractivity contribution in [2.45, 2.75) is 0 Å². The lowest BCUT2D eigenvalue weighted by Crippen LogP contribution is -2.29. The third-order valence-corrected chi connectivity index (χ3v) is 3.00. The Kier molecular flexibility index (Phi) is 2.38. The summed E-state index contributed by atoms with van der Waals surface area (Å²) in [4.78, 5) is 29.3. The second-order valence-electron chi connectivity index (χ2n) is 3.84. The van der Waals surface area contributed by atoms with Gasteiger partial charge in [-0.05, 0) is 30.3 Å². The Hall–Kier alpha value is -2.20. The summed E-state index contributed by atoms with van der Waals surface area (Å²) in [6.07, 6.45) is 3.07. The van der Waals surface area contributed by atoms with Gasteiger partial charge in [0, 0.05) is 17.4 Å². The zero-order valence-electron chi connectivity index (χ0n) is 9.13. The Morgan fingerprint density at radius 2 is 1.61 bits per heavy atom. The predicted octanol–water partition coefficient (Wildman–Crippen LogP) is 2.54. The van der Waals surface area contributed by atoms with E-state index in [1.807, 2.05) is 0 Å². The van der Waals surface area contributed by atoms with E-state index < -0.39 is 0 Å². The van der Waals surface area contributed by atoms with E-state index in [9.17, 15) is 9.59 Å². The van der Waals surface area contributed by atoms with Crippen LogP contribution in [0.1, 0.15) is 20.7 Å². The molecule has 0 bridgehead atoms. The number of amides is 2. The molecule has 1 aromatic heterocycles. The first-order chi connectivity index (χ1) is 8.68. The van der Waals surface area contributed by atoms with Crippen molar-refractivity contribution >= 4 is 29.1 Å². The molecule has 0 N–H and O–H groups in total. The van der Waals surface area contributed by atoms with Crippen LogP contribution in [0, 0.1) is 0 Å². The van der Waals surface area contributed by atoms with Crippen LogP contribution in [0.2, 0.25) is 5.02 Å². The first-order valence-corrected chi connectivity index (χ1v) is 5.64. The number of hydrogen-bond donors (Lipinski definition) is 0. The largest absolute Gasteiger partial charge is 0.268 e. The van der Waals surface area contributed by atoms with Crippen LogP contribution in [-0.2, 0) is 0 Å². The first kappa shape index (κ1) is 10.9. The van der Waals surface area contributed by atoms with Crippen LogP contribution in [0.3, 0.4) is 0 Å². The quantitative estimate of drug-likeness (QED) is 0.739. The predicted molar refractivity (Wildman–Crippen MR) is 66.8 cm³/mol. The molecule has 18 heavy (non-hydrogen) atoms. The molecule has 4 nitrogen and oxygen atoms in total. The highest BCUT2D eigenvalue weighted by Crippen LogP contribution is 2.29. The summed E-state index contributed by atoms with van der Waals surface area (Å²) in [6, 6.07) is 7.91. The van der Waals surface area contributed by atoms with Gasteiger partial charge >= 0.3 is 0 Å². The van der Waals surface area contributed by atoms with Crippen LogP contribution >= 0.6 is 11.6 Å². The van der Waals surface area contributed by atoms with Gasteiger partial charge < -0.3 is 0 Å². The first-order valence-electron chi connectivity index (χ1n) is 5.27. The van der Waals surface area contributed by atoms with Crippen molar-refractivity contribution in [3.05, 3.63) is 58.9 Å². The number of benzene rings is 1. The molecule has 1 aromatic carbocycles. The number of fused-ring (bicyclic) bond motifs is 1. The monoisotopic (exact) mass is 258 g/mol. The van der Waals surface area contributed by atoms with E-state index in [0.717, 1.165) is 4.90 Å². The maximum absolute atomic E-state index is 12.2. The van der Waals surface area contributed by atoms with E-state index >= 15 is 0 Å². The van der Waals surface area contributed by atoms with Gasteiger partial charge in [0.05, 0.1) is 16.8 Å². The number of hydrogen-bond acceptors (Lipinski definition) is 3. The van der Waals surface area contributed by atoms with Gasteiger partial charge in [0.1, 0.15) is 0 Å². The number of pyridine rings is 1. The minimum Gasteiger partial charge on any atom is -0.268 e. The summed E-state index contributed by atoms with van der Waals surface area (Å²) in [5.41, 5.74) is 1.22. The van der Waals surface area contributed by atoms with Crippen LogP contribution in [0.4, 0.5) is 5.69 Å². The molecule has 2 aromatic rings. The van der Waals surface area contributed by atoms with Crippen LogP contribution < -0.4 is 4.90 Å². The molecule has 0 unspecified atom stereocenters. The van der Waals surface area contributed by atoms with Crippen LogP contribution in [0.25, 0.3) is 0 Å². The lowest BCUT2D eigenvalue weighted by atomic mass is 10.1. The second kappa shape index (κ2) is 3.92. The van der Waals surface area contributed by atoms with Gasteiger partial charge in [0.25, 0.3) is 11.8 Å². The van der Waals surface area contributed by atoms with Gasteiger partial charge in [0.15, 0.2) is 0 Å². The van der Waals surface area contributed by atoms with E-state index in [4.69, 9.17) is 11.6 Å². The zero-order chi connectivity index (χ0) is 12.7. The summed E-state index contributed by atoms with van der Waals surface area (Å²) in [5, 5.41) is 0.437. The molecular weight excluding hydrogens is 252 g/mol. The minimum absolute atomic E-state index is 0.335. The van der Waals surface area contributed by atoms with Gasteiger partial charge in [-0.2, -0.15) is 0 Å². The van der Waals surface area contributed by atoms with Crippen LogP contribution in [-0.4, -0.2) is 16.8 Å². The average Bonchev–Trinajstić information content (AvgIpc) is 2.63. The maximum Gasteiger partial charge on any atom is 0.266 e. The maximum atomic E-state index is 12.2. The number of imide groups is 1. The zero-order valence-corrected chi connectivity index (χ0v) is 9.89. The minimum atomic E-state index is -0.358. The molecule has 0 spiro atoms. The number of aromatic nitrogens is 1. The molecule has 0 saturated carbocycles. The highest BCUT2D eigenvalue weighted by atomic mass is 35.5. The summed E-state index contributed by atoms with van der Waals surface area (Å²) in [5.74, 6) is -0.693. The van der Waals surface area contributed by atoms with Gasteiger partial charge in [-0.15, -0.1) is 0 Å². The molecule has 0 atom stereocenters. The molecule has 0 radical (unpaired) electrons. The number of carbonyl (C=O) groups is 2. The van der Waals surface area contributed by atoms with Crippen molar-refractivity contribution in [1.29, 1.82) is 0 Å². The summed E-state index contributed by atoms with van der Waals surface area (Å²) < 4.78 is 0. The van der Waals surface area contributed by atoms with E-state index in [0.29, 0.717) is 21.8 Å². The molecule has 2 amide bonds. The van der Waals surface area contributed by atoms with Gasteiger partial charge in [-0.3, -0.25) is 14.6 Å². The standard InChI is InChI=1S/C13H7ClN2O2/c14-8-1-2-10-11(7-8)13(18)16(12(10)17)9-3-5-15-6-4-9/h1-7H. The Morgan fingerprint density at radius 1 is 0.944 bits per heavy atom. The fourth-order valence-corrected chi connectivity index (χ4v) is 2.11. The molecule has 0 fully saturated rings. The van der Waals surface area contributed by atoms with Gasteiger partial charge in [-0.1, -0.05) is 11.6 Å². The normalized spacial score (nSPS) is 13.9. The second-order valence-corrected chi connectivity index (χ2v) is 4.28. The Bertz CT molecular complexity index is 655. The molecule has 1 aliphatic rings. The lowest BCUT2D eigenvalue weighted by molar-refractivity contribution is 0.0926. The van der Waals surface area contributed by atoms with Crippen molar-refractivity contribution in [1.82, 2.24) is 4.98 Å². The number of halogens is 1. The average molecular weight is 259 g/mol. The number of nitrogens with zero attached hydrogens (tertiary/aromatic N) is 2. The van der Waals surface area contributed by atoms with Crippen molar-refractivity contribution in [2.75, 3.05) is 4.90 Å². The number of rotatable bonds is 1. The van der Waals surface area contributed by atoms with E-state index in [1.54, 1.807) is 24.3 Å². The molecule has 0 saturated heterocycles. The Morgan fingerprint density at radius 3 is 2.33 bits per heavy atom. The van der Waals surface area contributed by atoms with Gasteiger partial charge in [-0.25, -0.2) is 4.90 Å². The van der Waals surface area contributed by atoms with Crippen LogP contribution in [0.5, 0.6) is 0 Å². The molecular formula is C13H7ClN2O2. The van der Waals surface area contributed by atoms with Crippen molar-refractivity contribution < 1.29 is 9.59 Å². The van der Waals surface area contributed by atoms with Crippen LogP contribution in [0.15, 0.2) is 42.7 Å². The van der Waals surface area contributed by atoms with Crippen molar-refractivity contribution in [2.24, 2.45) is 0 Å². The summed E-state index contributed by atoms with van der Waals surface area (Å²) in [6.45, 7) is 0. The van der Waals surface area contributed by atoms with E-state index in [1.165, 1.54) is 18.5 Å².